The Balaban J connectivity index is 2.09. The fourth-order valence-electron chi connectivity index (χ4n) is 2.41. The largest absolute Gasteiger partial charge is 0.243 e. The van der Waals surface area contributed by atoms with Gasteiger partial charge in [0.2, 0.25) is 20.0 Å². The van der Waals surface area contributed by atoms with Crippen molar-refractivity contribution in [3.05, 3.63) is 62.6 Å². The van der Waals surface area contributed by atoms with Gasteiger partial charge in [-0.05, 0) is 37.1 Å². The monoisotopic (exact) mass is 484 g/mol. The molecule has 0 aliphatic heterocycles. The van der Waals surface area contributed by atoms with Gasteiger partial charge in [-0.25, -0.2) is 26.3 Å². The molecule has 2 aromatic rings. The molecule has 0 amide bonds. The van der Waals surface area contributed by atoms with Crippen LogP contribution in [0, 0.1) is 0 Å². The SMILES string of the molecule is CC(C)NS(=O)(=O)Cc1ccc(CNS(=O)(=O)c2c(Cl)cc(Cl)cc2Cl)cc1. The van der Waals surface area contributed by atoms with Crippen LogP contribution in [-0.2, 0) is 32.3 Å². The van der Waals surface area contributed by atoms with Crippen LogP contribution in [-0.4, -0.2) is 22.9 Å². The zero-order valence-corrected chi connectivity index (χ0v) is 18.9. The number of hydrogen-bond acceptors (Lipinski definition) is 4. The zero-order chi connectivity index (χ0) is 21.1. The predicted octanol–water partition coefficient (Wildman–Crippen LogP) is 3.95. The van der Waals surface area contributed by atoms with Gasteiger partial charge >= 0.3 is 0 Å². The van der Waals surface area contributed by atoms with Crippen LogP contribution in [0.1, 0.15) is 25.0 Å². The van der Waals surface area contributed by atoms with E-state index in [4.69, 9.17) is 34.8 Å². The van der Waals surface area contributed by atoms with Crippen LogP contribution in [0.3, 0.4) is 0 Å². The first kappa shape index (κ1) is 23.4. The van der Waals surface area contributed by atoms with Crippen LogP contribution in [0.25, 0.3) is 0 Å². The highest BCUT2D eigenvalue weighted by Gasteiger charge is 2.22. The minimum Gasteiger partial charge on any atom is -0.212 e. The van der Waals surface area contributed by atoms with E-state index in [9.17, 15) is 16.8 Å². The highest BCUT2D eigenvalue weighted by molar-refractivity contribution is 7.89. The van der Waals surface area contributed by atoms with Crippen molar-refractivity contribution in [1.29, 1.82) is 0 Å². The third-order valence-corrected chi connectivity index (χ3v) is 7.58. The number of halogens is 3. The van der Waals surface area contributed by atoms with Crippen molar-refractivity contribution in [2.45, 2.75) is 37.1 Å². The molecule has 0 aromatic heterocycles. The minimum absolute atomic E-state index is 0.0190. The molecule has 0 radical (unpaired) electrons. The van der Waals surface area contributed by atoms with Crippen molar-refractivity contribution in [3.8, 4) is 0 Å². The molecular weight excluding hydrogens is 467 g/mol. The molecule has 2 aromatic carbocycles. The Hall–Kier alpha value is -0.870. The normalized spacial score (nSPS) is 12.5. The van der Waals surface area contributed by atoms with Crippen molar-refractivity contribution in [1.82, 2.24) is 9.44 Å². The second-order valence-electron chi connectivity index (χ2n) is 6.37. The van der Waals surface area contributed by atoms with E-state index in [1.165, 1.54) is 12.1 Å². The second kappa shape index (κ2) is 9.30. The quantitative estimate of drug-likeness (QED) is 0.592. The number of hydrogen-bond donors (Lipinski definition) is 2. The molecule has 0 spiro atoms. The van der Waals surface area contributed by atoms with Crippen molar-refractivity contribution in [3.63, 3.8) is 0 Å². The maximum absolute atomic E-state index is 12.5. The van der Waals surface area contributed by atoms with Gasteiger partial charge in [0, 0.05) is 17.6 Å². The van der Waals surface area contributed by atoms with Gasteiger partial charge in [-0.3, -0.25) is 0 Å². The Bertz CT molecular complexity index is 1030. The molecule has 0 saturated heterocycles. The van der Waals surface area contributed by atoms with Gasteiger partial charge < -0.3 is 0 Å². The summed E-state index contributed by atoms with van der Waals surface area (Å²) in [6, 6.07) is 8.96. The van der Waals surface area contributed by atoms with Crippen LogP contribution in [0.2, 0.25) is 15.1 Å². The molecule has 0 unspecified atom stereocenters. The highest BCUT2D eigenvalue weighted by Crippen LogP contribution is 2.32. The maximum Gasteiger partial charge on any atom is 0.243 e. The Morgan fingerprint density at radius 2 is 1.39 bits per heavy atom. The number of sulfonamides is 2. The molecule has 0 atom stereocenters. The van der Waals surface area contributed by atoms with E-state index in [0.29, 0.717) is 11.1 Å². The summed E-state index contributed by atoms with van der Waals surface area (Å²) in [5.41, 5.74) is 1.23. The molecule has 0 bridgehead atoms. The van der Waals surface area contributed by atoms with E-state index in [-0.39, 0.29) is 38.3 Å². The summed E-state index contributed by atoms with van der Waals surface area (Å²) in [5, 5.41) is 0.0675. The van der Waals surface area contributed by atoms with Crippen LogP contribution < -0.4 is 9.44 Å². The maximum atomic E-state index is 12.5. The topological polar surface area (TPSA) is 92.3 Å². The molecule has 6 nitrogen and oxygen atoms in total. The molecule has 0 fully saturated rings. The lowest BCUT2D eigenvalue weighted by atomic mass is 10.1. The molecule has 2 N–H and O–H groups in total. The van der Waals surface area contributed by atoms with E-state index < -0.39 is 20.0 Å². The van der Waals surface area contributed by atoms with E-state index in [2.05, 4.69) is 9.44 Å². The van der Waals surface area contributed by atoms with Crippen molar-refractivity contribution in [2.24, 2.45) is 0 Å². The lowest BCUT2D eigenvalue weighted by Gasteiger charge is -2.12. The minimum atomic E-state index is -3.97. The van der Waals surface area contributed by atoms with Crippen molar-refractivity contribution >= 4 is 54.8 Å². The van der Waals surface area contributed by atoms with Gasteiger partial charge in [0.05, 0.1) is 15.8 Å². The van der Waals surface area contributed by atoms with E-state index in [1.807, 2.05) is 0 Å². The van der Waals surface area contributed by atoms with Crippen LogP contribution in [0.15, 0.2) is 41.3 Å². The first-order valence-electron chi connectivity index (χ1n) is 8.11. The summed E-state index contributed by atoms with van der Waals surface area (Å²) in [6.07, 6.45) is 0. The Morgan fingerprint density at radius 3 is 1.89 bits per heavy atom. The van der Waals surface area contributed by atoms with Gasteiger partial charge in [-0.1, -0.05) is 59.1 Å². The summed E-state index contributed by atoms with van der Waals surface area (Å²) in [5.74, 6) is -0.160. The summed E-state index contributed by atoms with van der Waals surface area (Å²) in [7, 11) is -7.40. The number of rotatable bonds is 8. The van der Waals surface area contributed by atoms with Crippen LogP contribution >= 0.6 is 34.8 Å². The van der Waals surface area contributed by atoms with Gasteiger partial charge in [-0.2, -0.15) is 0 Å². The first-order chi connectivity index (χ1) is 12.9. The van der Waals surface area contributed by atoms with Gasteiger partial charge in [0.1, 0.15) is 4.90 Å². The number of nitrogens with one attached hydrogen (secondary N) is 2. The first-order valence-corrected chi connectivity index (χ1v) is 12.4. The molecule has 0 saturated carbocycles. The van der Waals surface area contributed by atoms with E-state index in [0.717, 1.165) is 0 Å². The standard InChI is InChI=1S/C17H19Cl3N2O4S2/c1-11(2)22-27(23,24)10-13-5-3-12(4-6-13)9-21-28(25,26)17-15(19)7-14(18)8-16(17)20/h3-8,11,21-22H,9-10H2,1-2H3. The lowest BCUT2D eigenvalue weighted by molar-refractivity contribution is 0.569. The predicted molar refractivity (Wildman–Crippen MR) is 113 cm³/mol. The van der Waals surface area contributed by atoms with Crippen molar-refractivity contribution in [2.75, 3.05) is 0 Å². The van der Waals surface area contributed by atoms with E-state index in [1.54, 1.807) is 38.1 Å². The zero-order valence-electron chi connectivity index (χ0n) is 15.0. The number of benzene rings is 2. The fraction of sp³-hybridized carbons (Fsp3) is 0.294. The molecule has 0 aliphatic rings. The van der Waals surface area contributed by atoms with Crippen LogP contribution in [0.4, 0.5) is 0 Å². The van der Waals surface area contributed by atoms with Crippen LogP contribution in [0.5, 0.6) is 0 Å². The summed E-state index contributed by atoms with van der Waals surface area (Å²) < 4.78 is 53.9. The highest BCUT2D eigenvalue weighted by atomic mass is 35.5. The van der Waals surface area contributed by atoms with E-state index >= 15 is 0 Å². The molecule has 0 heterocycles. The molecule has 11 heteroatoms. The lowest BCUT2D eigenvalue weighted by Crippen LogP contribution is -2.31. The fourth-order valence-corrected chi connectivity index (χ4v) is 6.40. The Kier molecular flexibility index (Phi) is 7.77. The summed E-state index contributed by atoms with van der Waals surface area (Å²) in [4.78, 5) is -0.247. The summed E-state index contributed by atoms with van der Waals surface area (Å²) >= 11 is 17.7. The molecule has 2 rings (SSSR count). The third-order valence-electron chi connectivity index (χ3n) is 3.49. The average molecular weight is 486 g/mol. The Labute approximate surface area is 180 Å². The van der Waals surface area contributed by atoms with Gasteiger partial charge in [0.15, 0.2) is 0 Å². The molecule has 154 valence electrons. The van der Waals surface area contributed by atoms with Gasteiger partial charge in [0.25, 0.3) is 0 Å². The Morgan fingerprint density at radius 1 is 0.893 bits per heavy atom. The smallest absolute Gasteiger partial charge is 0.212 e. The molecule has 0 aliphatic carbocycles. The molecular formula is C17H19Cl3N2O4S2. The third kappa shape index (κ3) is 6.59. The van der Waals surface area contributed by atoms with Crippen molar-refractivity contribution < 1.29 is 16.8 Å². The molecule has 28 heavy (non-hydrogen) atoms. The van der Waals surface area contributed by atoms with Gasteiger partial charge in [-0.15, -0.1) is 0 Å². The second-order valence-corrected chi connectivity index (χ2v) is 11.1. The average Bonchev–Trinajstić information content (AvgIpc) is 2.51. The summed E-state index contributed by atoms with van der Waals surface area (Å²) in [6.45, 7) is 3.47.